The van der Waals surface area contributed by atoms with E-state index in [9.17, 15) is 24.9 Å². The van der Waals surface area contributed by atoms with E-state index in [0.29, 0.717) is 16.1 Å². The number of hydrogen-bond acceptors (Lipinski definition) is 4. The van der Waals surface area contributed by atoms with E-state index in [4.69, 9.17) is 23.2 Å². The van der Waals surface area contributed by atoms with Crippen molar-refractivity contribution in [1.82, 2.24) is 4.90 Å². The summed E-state index contributed by atoms with van der Waals surface area (Å²) in [7, 11) is 0. The first-order valence-electron chi connectivity index (χ1n) is 8.66. The van der Waals surface area contributed by atoms with E-state index in [0.717, 1.165) is 0 Å². The molecule has 8 heteroatoms. The van der Waals surface area contributed by atoms with Crippen molar-refractivity contribution in [2.45, 2.75) is 31.0 Å². The van der Waals surface area contributed by atoms with Crippen LogP contribution in [-0.2, 0) is 4.79 Å². The van der Waals surface area contributed by atoms with E-state index in [1.165, 1.54) is 24.0 Å². The molecule has 1 aliphatic heterocycles. The predicted molar refractivity (Wildman–Crippen MR) is 105 cm³/mol. The summed E-state index contributed by atoms with van der Waals surface area (Å²) < 4.78 is 0. The van der Waals surface area contributed by atoms with Gasteiger partial charge in [0.05, 0.1) is 24.8 Å². The van der Waals surface area contributed by atoms with E-state index < -0.39 is 42.6 Å². The second kappa shape index (κ2) is 8.09. The SMILES string of the molecule is C[C@H](O)[C@H](CO)N1C(=O)c2ccccc2C(C(=O)O)C1c1ccc(Cl)cc1Cl. The second-order valence-electron chi connectivity index (χ2n) is 6.72. The summed E-state index contributed by atoms with van der Waals surface area (Å²) in [5, 5.41) is 30.6. The highest BCUT2D eigenvalue weighted by Gasteiger charge is 2.48. The van der Waals surface area contributed by atoms with Crippen molar-refractivity contribution in [3.8, 4) is 0 Å². The predicted octanol–water partition coefficient (Wildman–Crippen LogP) is 3.10. The Bertz CT molecular complexity index is 917. The first-order chi connectivity index (χ1) is 13.3. The third kappa shape index (κ3) is 3.49. The van der Waals surface area contributed by atoms with Gasteiger partial charge < -0.3 is 20.2 Å². The Morgan fingerprint density at radius 2 is 1.86 bits per heavy atom. The zero-order valence-electron chi connectivity index (χ0n) is 14.9. The van der Waals surface area contributed by atoms with Gasteiger partial charge in [-0.15, -0.1) is 0 Å². The van der Waals surface area contributed by atoms with Crippen LogP contribution in [0.1, 0.15) is 40.4 Å². The van der Waals surface area contributed by atoms with E-state index >= 15 is 0 Å². The lowest BCUT2D eigenvalue weighted by Crippen LogP contribution is -2.54. The van der Waals surface area contributed by atoms with Crippen molar-refractivity contribution in [2.75, 3.05) is 6.61 Å². The smallest absolute Gasteiger partial charge is 0.313 e. The molecule has 0 fully saturated rings. The van der Waals surface area contributed by atoms with E-state index in [1.54, 1.807) is 30.3 Å². The lowest BCUT2D eigenvalue weighted by Gasteiger charge is -2.45. The summed E-state index contributed by atoms with van der Waals surface area (Å²) in [6.45, 7) is 0.893. The van der Waals surface area contributed by atoms with Crippen molar-refractivity contribution in [1.29, 1.82) is 0 Å². The Morgan fingerprint density at radius 1 is 1.18 bits per heavy atom. The maximum Gasteiger partial charge on any atom is 0.313 e. The quantitative estimate of drug-likeness (QED) is 0.686. The zero-order valence-corrected chi connectivity index (χ0v) is 16.4. The lowest BCUT2D eigenvalue weighted by molar-refractivity contribution is -0.141. The van der Waals surface area contributed by atoms with Gasteiger partial charge in [0.15, 0.2) is 0 Å². The fraction of sp³-hybridized carbons (Fsp3) is 0.300. The van der Waals surface area contributed by atoms with Gasteiger partial charge in [-0.05, 0) is 36.2 Å². The molecule has 2 aromatic carbocycles. The number of carbonyl (C=O) groups excluding carboxylic acids is 1. The van der Waals surface area contributed by atoms with Crippen LogP contribution in [0.2, 0.25) is 10.0 Å². The zero-order chi connectivity index (χ0) is 20.6. The largest absolute Gasteiger partial charge is 0.481 e. The molecule has 3 N–H and O–H groups in total. The number of rotatable bonds is 5. The highest BCUT2D eigenvalue weighted by Crippen LogP contribution is 2.46. The van der Waals surface area contributed by atoms with Crippen LogP contribution in [0, 0.1) is 0 Å². The Hall–Kier alpha value is -2.12. The molecule has 3 rings (SSSR count). The Kier molecular flexibility index (Phi) is 5.95. The number of hydrogen-bond donors (Lipinski definition) is 3. The fourth-order valence-corrected chi connectivity index (χ4v) is 4.25. The molecule has 6 nitrogen and oxygen atoms in total. The van der Waals surface area contributed by atoms with Gasteiger partial charge in [0.2, 0.25) is 0 Å². The second-order valence-corrected chi connectivity index (χ2v) is 7.56. The molecule has 1 amide bonds. The Labute approximate surface area is 171 Å². The summed E-state index contributed by atoms with van der Waals surface area (Å²) in [5.74, 6) is -2.77. The summed E-state index contributed by atoms with van der Waals surface area (Å²) in [6, 6.07) is 8.98. The van der Waals surface area contributed by atoms with Crippen molar-refractivity contribution in [3.05, 3.63) is 69.2 Å². The molecule has 148 valence electrons. The summed E-state index contributed by atoms with van der Waals surface area (Å²) >= 11 is 12.3. The molecule has 2 unspecified atom stereocenters. The molecule has 1 heterocycles. The number of fused-ring (bicyclic) bond motifs is 1. The van der Waals surface area contributed by atoms with Crippen LogP contribution in [-0.4, -0.2) is 50.8 Å². The van der Waals surface area contributed by atoms with Crippen LogP contribution in [0.5, 0.6) is 0 Å². The van der Waals surface area contributed by atoms with Gasteiger partial charge in [-0.2, -0.15) is 0 Å². The van der Waals surface area contributed by atoms with Crippen molar-refractivity contribution < 1.29 is 24.9 Å². The number of carboxylic acid groups (broad SMARTS) is 1. The van der Waals surface area contributed by atoms with Crippen molar-refractivity contribution in [2.24, 2.45) is 0 Å². The number of amides is 1. The minimum atomic E-state index is -1.15. The van der Waals surface area contributed by atoms with Gasteiger partial charge in [0.25, 0.3) is 5.91 Å². The average molecular weight is 424 g/mol. The third-order valence-corrected chi connectivity index (χ3v) is 5.59. The van der Waals surface area contributed by atoms with Gasteiger partial charge >= 0.3 is 5.97 Å². The van der Waals surface area contributed by atoms with E-state index in [2.05, 4.69) is 0 Å². The van der Waals surface area contributed by atoms with Crippen molar-refractivity contribution in [3.63, 3.8) is 0 Å². The molecule has 4 atom stereocenters. The molecule has 0 aliphatic carbocycles. The number of aliphatic hydroxyl groups is 2. The van der Waals surface area contributed by atoms with Crippen LogP contribution < -0.4 is 0 Å². The number of halogens is 2. The average Bonchev–Trinajstić information content (AvgIpc) is 2.63. The fourth-order valence-electron chi connectivity index (χ4n) is 3.73. The van der Waals surface area contributed by atoms with Crippen LogP contribution in [0.25, 0.3) is 0 Å². The van der Waals surface area contributed by atoms with Crippen molar-refractivity contribution >= 4 is 35.1 Å². The topological polar surface area (TPSA) is 98.1 Å². The summed E-state index contributed by atoms with van der Waals surface area (Å²) in [5.41, 5.74) is 0.949. The van der Waals surface area contributed by atoms with Crippen LogP contribution in [0.3, 0.4) is 0 Å². The van der Waals surface area contributed by atoms with Gasteiger partial charge in [0, 0.05) is 15.6 Å². The minimum absolute atomic E-state index is 0.197. The summed E-state index contributed by atoms with van der Waals surface area (Å²) in [4.78, 5) is 26.8. The standard InChI is InChI=1S/C20H19Cl2NO5/c1-10(25)16(9-24)23-18(14-7-6-11(21)8-15(14)22)17(20(27)28)12-4-2-3-5-13(12)19(23)26/h2-8,10,16-18,24-25H,9H2,1H3,(H,27,28)/t10-,16-,17?,18?/m0/s1. The summed E-state index contributed by atoms with van der Waals surface area (Å²) in [6.07, 6.45) is -1.10. The number of carboxylic acids is 1. The maximum absolute atomic E-state index is 13.3. The van der Waals surface area contributed by atoms with E-state index in [-0.39, 0.29) is 10.6 Å². The maximum atomic E-state index is 13.3. The monoisotopic (exact) mass is 423 g/mol. The molecule has 0 radical (unpaired) electrons. The number of aliphatic carboxylic acids is 1. The lowest BCUT2D eigenvalue weighted by atomic mass is 9.78. The van der Waals surface area contributed by atoms with Gasteiger partial charge in [-0.1, -0.05) is 47.5 Å². The van der Waals surface area contributed by atoms with Gasteiger partial charge in [-0.25, -0.2) is 0 Å². The van der Waals surface area contributed by atoms with Crippen LogP contribution >= 0.6 is 23.2 Å². The Morgan fingerprint density at radius 3 is 2.43 bits per heavy atom. The molecular formula is C20H19Cl2NO5. The first-order valence-corrected chi connectivity index (χ1v) is 9.41. The van der Waals surface area contributed by atoms with Crippen LogP contribution in [0.15, 0.2) is 42.5 Å². The minimum Gasteiger partial charge on any atom is -0.481 e. The molecule has 0 aromatic heterocycles. The van der Waals surface area contributed by atoms with Crippen LogP contribution in [0.4, 0.5) is 0 Å². The number of benzene rings is 2. The third-order valence-electron chi connectivity index (χ3n) is 5.02. The highest BCUT2D eigenvalue weighted by molar-refractivity contribution is 6.35. The van der Waals surface area contributed by atoms with Gasteiger partial charge in [-0.3, -0.25) is 9.59 Å². The molecular weight excluding hydrogens is 405 g/mol. The first kappa shape index (κ1) is 20.6. The molecule has 0 bridgehead atoms. The molecule has 0 saturated carbocycles. The Balaban J connectivity index is 2.31. The molecule has 28 heavy (non-hydrogen) atoms. The molecule has 0 saturated heterocycles. The van der Waals surface area contributed by atoms with Gasteiger partial charge in [0.1, 0.15) is 5.92 Å². The number of nitrogens with zero attached hydrogens (tertiary/aromatic N) is 1. The number of carbonyl (C=O) groups is 2. The number of aliphatic hydroxyl groups excluding tert-OH is 2. The molecule has 1 aliphatic rings. The normalized spacial score (nSPS) is 21.2. The van der Waals surface area contributed by atoms with E-state index in [1.807, 2.05) is 0 Å². The molecule has 2 aromatic rings. The molecule has 0 spiro atoms. The highest BCUT2D eigenvalue weighted by atomic mass is 35.5.